The fraction of sp³-hybridized carbons (Fsp3) is 0.176. The number of thiazole rings is 1. The fourth-order valence-corrected chi connectivity index (χ4v) is 3.15. The predicted molar refractivity (Wildman–Crippen MR) is 92.0 cm³/mol. The Morgan fingerprint density at radius 3 is 2.78 bits per heavy atom. The molecule has 1 unspecified atom stereocenters. The molecular weight excluding hydrogens is 313 g/mol. The number of aryl methyl sites for hydroxylation is 1. The Morgan fingerprint density at radius 1 is 1.30 bits per heavy atom. The summed E-state index contributed by atoms with van der Waals surface area (Å²) in [6.45, 7) is 3.55. The molecule has 0 aliphatic rings. The molecule has 1 heterocycles. The zero-order chi connectivity index (χ0) is 16.6. The van der Waals surface area contributed by atoms with E-state index in [0.717, 1.165) is 26.5 Å². The number of hydrogen-bond acceptors (Lipinski definition) is 4. The van der Waals surface area contributed by atoms with Crippen molar-refractivity contribution in [3.05, 3.63) is 47.8 Å². The van der Waals surface area contributed by atoms with Crippen molar-refractivity contribution in [2.75, 3.05) is 5.32 Å². The molecule has 3 rings (SSSR count). The van der Waals surface area contributed by atoms with E-state index in [0.29, 0.717) is 5.52 Å². The van der Waals surface area contributed by atoms with Gasteiger partial charge in [-0.1, -0.05) is 0 Å². The van der Waals surface area contributed by atoms with Crippen molar-refractivity contribution < 1.29 is 9.18 Å². The normalized spacial score (nSPS) is 12.3. The minimum absolute atomic E-state index is 0.226. The Bertz CT molecular complexity index is 889. The van der Waals surface area contributed by atoms with Crippen molar-refractivity contribution in [2.24, 2.45) is 5.73 Å². The Hall–Kier alpha value is -2.31. The van der Waals surface area contributed by atoms with Crippen LogP contribution >= 0.6 is 11.3 Å². The molecule has 0 bridgehead atoms. The Labute approximate surface area is 137 Å². The maximum absolute atomic E-state index is 13.3. The van der Waals surface area contributed by atoms with E-state index in [9.17, 15) is 9.18 Å². The van der Waals surface area contributed by atoms with E-state index in [2.05, 4.69) is 10.3 Å². The van der Waals surface area contributed by atoms with Gasteiger partial charge in [-0.2, -0.15) is 0 Å². The van der Waals surface area contributed by atoms with Gasteiger partial charge in [0.2, 0.25) is 5.91 Å². The molecule has 1 atom stereocenters. The van der Waals surface area contributed by atoms with Gasteiger partial charge in [-0.15, -0.1) is 11.3 Å². The van der Waals surface area contributed by atoms with Crippen molar-refractivity contribution in [1.29, 1.82) is 0 Å². The number of benzene rings is 2. The summed E-state index contributed by atoms with van der Waals surface area (Å²) < 4.78 is 14.2. The van der Waals surface area contributed by atoms with E-state index < -0.39 is 6.04 Å². The number of amides is 1. The second-order valence-electron chi connectivity index (χ2n) is 5.44. The van der Waals surface area contributed by atoms with Crippen LogP contribution in [0.5, 0.6) is 0 Å². The van der Waals surface area contributed by atoms with Crippen molar-refractivity contribution in [2.45, 2.75) is 19.9 Å². The molecule has 3 N–H and O–H groups in total. The van der Waals surface area contributed by atoms with Crippen molar-refractivity contribution in [3.8, 4) is 10.6 Å². The van der Waals surface area contributed by atoms with E-state index in [-0.39, 0.29) is 11.7 Å². The average Bonchev–Trinajstić information content (AvgIpc) is 2.92. The monoisotopic (exact) mass is 329 g/mol. The summed E-state index contributed by atoms with van der Waals surface area (Å²) in [7, 11) is 0. The minimum Gasteiger partial charge on any atom is -0.325 e. The SMILES string of the molecule is Cc1cc(-c2nc3cc(F)ccc3s2)ccc1NC(=O)C(C)N. The third-order valence-corrected chi connectivity index (χ3v) is 4.58. The van der Waals surface area contributed by atoms with E-state index in [1.54, 1.807) is 13.0 Å². The van der Waals surface area contributed by atoms with Crippen LogP contribution in [0.25, 0.3) is 20.8 Å². The molecule has 3 aromatic rings. The lowest BCUT2D eigenvalue weighted by molar-refractivity contribution is -0.117. The molecule has 0 radical (unpaired) electrons. The number of nitrogens with one attached hydrogen (secondary N) is 1. The molecule has 1 amide bonds. The fourth-order valence-electron chi connectivity index (χ4n) is 2.21. The van der Waals surface area contributed by atoms with Crippen LogP contribution in [0.15, 0.2) is 36.4 Å². The highest BCUT2D eigenvalue weighted by Crippen LogP contribution is 2.32. The number of nitrogens with two attached hydrogens (primary N) is 1. The first-order valence-electron chi connectivity index (χ1n) is 7.17. The molecule has 2 aromatic carbocycles. The maximum Gasteiger partial charge on any atom is 0.241 e. The molecule has 0 spiro atoms. The number of aromatic nitrogens is 1. The summed E-state index contributed by atoms with van der Waals surface area (Å²) in [6.07, 6.45) is 0. The highest BCUT2D eigenvalue weighted by molar-refractivity contribution is 7.21. The third kappa shape index (κ3) is 3.23. The summed E-state index contributed by atoms with van der Waals surface area (Å²) in [5.41, 5.74) is 8.79. The van der Waals surface area contributed by atoms with Gasteiger partial charge < -0.3 is 11.1 Å². The van der Waals surface area contributed by atoms with E-state index >= 15 is 0 Å². The molecule has 118 valence electrons. The van der Waals surface area contributed by atoms with E-state index in [1.807, 2.05) is 25.1 Å². The first-order chi connectivity index (χ1) is 10.9. The molecule has 6 heteroatoms. The van der Waals surface area contributed by atoms with Gasteiger partial charge in [-0.3, -0.25) is 4.79 Å². The van der Waals surface area contributed by atoms with Crippen molar-refractivity contribution >= 4 is 33.1 Å². The molecule has 0 saturated heterocycles. The van der Waals surface area contributed by atoms with Gasteiger partial charge in [0.15, 0.2) is 0 Å². The molecule has 0 fully saturated rings. The number of carbonyl (C=O) groups excluding carboxylic acids is 1. The van der Waals surface area contributed by atoms with Crippen LogP contribution < -0.4 is 11.1 Å². The number of anilines is 1. The Kier molecular flexibility index (Phi) is 4.11. The zero-order valence-corrected chi connectivity index (χ0v) is 13.6. The standard InChI is InChI=1S/C17H16FN3OS/c1-9-7-11(3-5-13(9)20-16(22)10(2)19)17-21-14-8-12(18)4-6-15(14)23-17/h3-8,10H,19H2,1-2H3,(H,20,22). The quantitative estimate of drug-likeness (QED) is 0.770. The van der Waals surface area contributed by atoms with Gasteiger partial charge in [0, 0.05) is 17.3 Å². The van der Waals surface area contributed by atoms with Crippen molar-refractivity contribution in [1.82, 2.24) is 4.98 Å². The van der Waals surface area contributed by atoms with Crippen LogP contribution in [0.1, 0.15) is 12.5 Å². The summed E-state index contributed by atoms with van der Waals surface area (Å²) in [5, 5.41) is 3.61. The lowest BCUT2D eigenvalue weighted by Crippen LogP contribution is -2.32. The lowest BCUT2D eigenvalue weighted by Gasteiger charge is -2.11. The molecule has 0 aliphatic heterocycles. The topological polar surface area (TPSA) is 68.0 Å². The van der Waals surface area contributed by atoms with Crippen LogP contribution in [-0.2, 0) is 4.79 Å². The number of fused-ring (bicyclic) bond motifs is 1. The maximum atomic E-state index is 13.3. The second-order valence-corrected chi connectivity index (χ2v) is 6.47. The van der Waals surface area contributed by atoms with Gasteiger partial charge in [0.05, 0.1) is 16.3 Å². The average molecular weight is 329 g/mol. The largest absolute Gasteiger partial charge is 0.325 e. The number of nitrogens with zero attached hydrogens (tertiary/aromatic N) is 1. The number of carbonyl (C=O) groups is 1. The van der Waals surface area contributed by atoms with Crippen LogP contribution in [0.3, 0.4) is 0 Å². The van der Waals surface area contributed by atoms with Gasteiger partial charge in [0.1, 0.15) is 10.8 Å². The summed E-state index contributed by atoms with van der Waals surface area (Å²) in [6, 6.07) is 9.70. The highest BCUT2D eigenvalue weighted by Gasteiger charge is 2.11. The molecular formula is C17H16FN3OS. The highest BCUT2D eigenvalue weighted by atomic mass is 32.1. The Balaban J connectivity index is 1.93. The molecule has 23 heavy (non-hydrogen) atoms. The van der Waals surface area contributed by atoms with Crippen LogP contribution in [0.4, 0.5) is 10.1 Å². The van der Waals surface area contributed by atoms with Gasteiger partial charge in [-0.05, 0) is 49.7 Å². The van der Waals surface area contributed by atoms with E-state index in [4.69, 9.17) is 5.73 Å². The van der Waals surface area contributed by atoms with E-state index in [1.165, 1.54) is 23.5 Å². The smallest absolute Gasteiger partial charge is 0.241 e. The summed E-state index contributed by atoms with van der Waals surface area (Å²) in [5.74, 6) is -0.518. The lowest BCUT2D eigenvalue weighted by atomic mass is 10.1. The Morgan fingerprint density at radius 2 is 2.09 bits per heavy atom. The van der Waals surface area contributed by atoms with Crippen LogP contribution in [0.2, 0.25) is 0 Å². The summed E-state index contributed by atoms with van der Waals surface area (Å²) in [4.78, 5) is 16.2. The molecule has 0 aliphatic carbocycles. The molecule has 4 nitrogen and oxygen atoms in total. The van der Waals surface area contributed by atoms with Crippen molar-refractivity contribution in [3.63, 3.8) is 0 Å². The molecule has 1 aromatic heterocycles. The summed E-state index contributed by atoms with van der Waals surface area (Å²) >= 11 is 1.51. The number of halogens is 1. The molecule has 0 saturated carbocycles. The zero-order valence-electron chi connectivity index (χ0n) is 12.8. The third-order valence-electron chi connectivity index (χ3n) is 3.49. The second kappa shape index (κ2) is 6.06. The van der Waals surface area contributed by atoms with Crippen LogP contribution in [-0.4, -0.2) is 16.9 Å². The minimum atomic E-state index is -0.562. The first kappa shape index (κ1) is 15.6. The predicted octanol–water partition coefficient (Wildman–Crippen LogP) is 3.70. The first-order valence-corrected chi connectivity index (χ1v) is 7.99. The van der Waals surface area contributed by atoms with Gasteiger partial charge >= 0.3 is 0 Å². The van der Waals surface area contributed by atoms with Gasteiger partial charge in [0.25, 0.3) is 0 Å². The van der Waals surface area contributed by atoms with Crippen LogP contribution in [0, 0.1) is 12.7 Å². The number of hydrogen-bond donors (Lipinski definition) is 2. The number of rotatable bonds is 3. The van der Waals surface area contributed by atoms with Gasteiger partial charge in [-0.25, -0.2) is 9.37 Å².